The molecule has 0 saturated carbocycles. The number of rotatable bonds is 3. The van der Waals surface area contributed by atoms with Crippen molar-refractivity contribution in [2.75, 3.05) is 31.1 Å². The maximum Gasteiger partial charge on any atom is 0.229 e. The molecule has 140 valence electrons. The molecule has 0 radical (unpaired) electrons. The Bertz CT molecular complexity index is 753. The van der Waals surface area contributed by atoms with Crippen LogP contribution in [0.3, 0.4) is 0 Å². The van der Waals surface area contributed by atoms with E-state index in [2.05, 4.69) is 20.0 Å². The van der Waals surface area contributed by atoms with Crippen LogP contribution in [0.25, 0.3) is 11.4 Å². The number of hydrogen-bond acceptors (Lipinski definition) is 6. The molecule has 0 aromatic carbocycles. The Morgan fingerprint density at radius 1 is 1.15 bits per heavy atom. The van der Waals surface area contributed by atoms with Crippen LogP contribution in [0.4, 0.5) is 5.82 Å². The van der Waals surface area contributed by atoms with Gasteiger partial charge < -0.3 is 14.3 Å². The lowest BCUT2D eigenvalue weighted by molar-refractivity contribution is -0.139. The Hall–Kier alpha value is -2.44. The molecular weight excluding hydrogens is 330 g/mol. The third kappa shape index (κ3) is 3.86. The fourth-order valence-corrected chi connectivity index (χ4v) is 2.91. The summed E-state index contributed by atoms with van der Waals surface area (Å²) in [5.74, 6) is 2.51. The molecule has 7 heteroatoms. The number of hydrogen-bond donors (Lipinski definition) is 0. The van der Waals surface area contributed by atoms with E-state index in [1.807, 2.05) is 51.7 Å². The first-order valence-corrected chi connectivity index (χ1v) is 9.10. The molecule has 3 rings (SSSR count). The van der Waals surface area contributed by atoms with Crippen molar-refractivity contribution in [1.82, 2.24) is 20.0 Å². The molecule has 0 spiro atoms. The molecule has 7 nitrogen and oxygen atoms in total. The molecule has 0 atom stereocenters. The van der Waals surface area contributed by atoms with Gasteiger partial charge in [-0.1, -0.05) is 39.8 Å². The van der Waals surface area contributed by atoms with Crippen LogP contribution >= 0.6 is 0 Å². The summed E-state index contributed by atoms with van der Waals surface area (Å²) in [6, 6.07) is 3.94. The number of amides is 1. The lowest BCUT2D eigenvalue weighted by Gasteiger charge is -2.38. The second-order valence-corrected chi connectivity index (χ2v) is 8.05. The van der Waals surface area contributed by atoms with Gasteiger partial charge in [0.2, 0.25) is 17.6 Å². The number of pyridine rings is 1. The number of nitrogens with zero attached hydrogens (tertiary/aromatic N) is 5. The molecule has 0 aliphatic carbocycles. The van der Waals surface area contributed by atoms with Gasteiger partial charge in [0.05, 0.1) is 0 Å². The predicted molar refractivity (Wildman–Crippen MR) is 99.9 cm³/mol. The van der Waals surface area contributed by atoms with Gasteiger partial charge in [0, 0.05) is 49.3 Å². The quantitative estimate of drug-likeness (QED) is 0.841. The fraction of sp³-hybridized carbons (Fsp3) is 0.579. The molecule has 3 heterocycles. The molecular formula is C19H27N5O2. The van der Waals surface area contributed by atoms with Gasteiger partial charge in [-0.3, -0.25) is 4.79 Å². The zero-order valence-corrected chi connectivity index (χ0v) is 16.2. The minimum Gasteiger partial charge on any atom is -0.353 e. The third-order valence-electron chi connectivity index (χ3n) is 4.47. The van der Waals surface area contributed by atoms with Gasteiger partial charge >= 0.3 is 0 Å². The molecule has 1 saturated heterocycles. The molecule has 1 aliphatic rings. The van der Waals surface area contributed by atoms with Gasteiger partial charge in [0.25, 0.3) is 0 Å². The van der Waals surface area contributed by atoms with Crippen LogP contribution in [0.15, 0.2) is 22.9 Å². The van der Waals surface area contributed by atoms with Gasteiger partial charge in [-0.15, -0.1) is 0 Å². The minimum atomic E-state index is -0.332. The highest BCUT2D eigenvalue weighted by atomic mass is 16.5. The molecule has 0 N–H and O–H groups in total. The molecule has 26 heavy (non-hydrogen) atoms. The normalized spacial score (nSPS) is 15.6. The van der Waals surface area contributed by atoms with Crippen molar-refractivity contribution >= 4 is 11.7 Å². The Kier molecular flexibility index (Phi) is 4.98. The summed E-state index contributed by atoms with van der Waals surface area (Å²) >= 11 is 0. The molecule has 2 aromatic rings. The number of aromatic nitrogens is 3. The highest BCUT2D eigenvalue weighted by molar-refractivity contribution is 5.81. The molecule has 2 aromatic heterocycles. The van der Waals surface area contributed by atoms with E-state index in [1.54, 1.807) is 6.20 Å². The number of piperazine rings is 1. The summed E-state index contributed by atoms with van der Waals surface area (Å²) in [5, 5.41) is 4.02. The van der Waals surface area contributed by atoms with E-state index in [4.69, 9.17) is 4.52 Å². The highest BCUT2D eigenvalue weighted by Gasteiger charge is 2.29. The fourth-order valence-electron chi connectivity index (χ4n) is 2.91. The summed E-state index contributed by atoms with van der Waals surface area (Å²) in [7, 11) is 0. The van der Waals surface area contributed by atoms with E-state index in [0.717, 1.165) is 37.6 Å². The van der Waals surface area contributed by atoms with Crippen molar-refractivity contribution in [2.24, 2.45) is 5.41 Å². The van der Waals surface area contributed by atoms with Crippen LogP contribution in [0.5, 0.6) is 0 Å². The Balaban J connectivity index is 1.64. The smallest absolute Gasteiger partial charge is 0.229 e. The monoisotopic (exact) mass is 357 g/mol. The average molecular weight is 357 g/mol. The van der Waals surface area contributed by atoms with Crippen LogP contribution in [-0.2, 0) is 4.79 Å². The highest BCUT2D eigenvalue weighted by Crippen LogP contribution is 2.23. The van der Waals surface area contributed by atoms with Crippen molar-refractivity contribution in [1.29, 1.82) is 0 Å². The van der Waals surface area contributed by atoms with Crippen molar-refractivity contribution in [3.05, 3.63) is 24.2 Å². The van der Waals surface area contributed by atoms with Crippen LogP contribution in [-0.4, -0.2) is 52.1 Å². The number of carbonyl (C=O) groups excluding carboxylic acids is 1. The first-order valence-electron chi connectivity index (χ1n) is 9.10. The van der Waals surface area contributed by atoms with Gasteiger partial charge in [-0.2, -0.15) is 4.98 Å². The van der Waals surface area contributed by atoms with Gasteiger partial charge in [-0.25, -0.2) is 4.98 Å². The maximum atomic E-state index is 12.4. The van der Waals surface area contributed by atoms with E-state index in [9.17, 15) is 4.79 Å². The zero-order chi connectivity index (χ0) is 18.9. The second kappa shape index (κ2) is 7.05. The third-order valence-corrected chi connectivity index (χ3v) is 4.47. The largest absolute Gasteiger partial charge is 0.353 e. The minimum absolute atomic E-state index is 0.204. The van der Waals surface area contributed by atoms with Gasteiger partial charge in [-0.05, 0) is 12.1 Å². The summed E-state index contributed by atoms with van der Waals surface area (Å²) in [5.41, 5.74) is 0.507. The molecule has 0 bridgehead atoms. The SMILES string of the molecule is CC(C)c1nc(-c2ccc(N3CCN(C(=O)C(C)(C)C)CC3)nc2)no1. The van der Waals surface area contributed by atoms with Crippen LogP contribution in [0.2, 0.25) is 0 Å². The zero-order valence-electron chi connectivity index (χ0n) is 16.2. The number of anilines is 1. The van der Waals surface area contributed by atoms with Crippen LogP contribution in [0.1, 0.15) is 46.4 Å². The Labute approximate surface area is 154 Å². The summed E-state index contributed by atoms with van der Waals surface area (Å²) in [6.07, 6.45) is 1.77. The lowest BCUT2D eigenvalue weighted by Crippen LogP contribution is -2.51. The number of carbonyl (C=O) groups is 1. The van der Waals surface area contributed by atoms with E-state index in [-0.39, 0.29) is 17.2 Å². The second-order valence-electron chi connectivity index (χ2n) is 8.05. The standard InChI is InChI=1S/C19H27N5O2/c1-13(2)17-21-16(22-26-17)14-6-7-15(20-12-14)23-8-10-24(11-9-23)18(25)19(3,4)5/h6-7,12-13H,8-11H2,1-5H3. The van der Waals surface area contributed by atoms with Gasteiger partial charge in [0.15, 0.2) is 0 Å². The first-order chi connectivity index (χ1) is 12.3. The van der Waals surface area contributed by atoms with E-state index >= 15 is 0 Å². The maximum absolute atomic E-state index is 12.4. The predicted octanol–water partition coefficient (Wildman–Crippen LogP) is 2.95. The topological polar surface area (TPSA) is 75.4 Å². The van der Waals surface area contributed by atoms with Crippen LogP contribution in [0, 0.1) is 5.41 Å². The van der Waals surface area contributed by atoms with Crippen LogP contribution < -0.4 is 4.90 Å². The van der Waals surface area contributed by atoms with Crippen molar-refractivity contribution in [2.45, 2.75) is 40.5 Å². The Morgan fingerprint density at radius 2 is 1.85 bits per heavy atom. The van der Waals surface area contributed by atoms with E-state index in [1.165, 1.54) is 0 Å². The Morgan fingerprint density at radius 3 is 2.35 bits per heavy atom. The summed E-state index contributed by atoms with van der Waals surface area (Å²) in [6.45, 7) is 12.9. The van der Waals surface area contributed by atoms with Crippen molar-refractivity contribution in [3.8, 4) is 11.4 Å². The summed E-state index contributed by atoms with van der Waals surface area (Å²) < 4.78 is 5.25. The van der Waals surface area contributed by atoms with E-state index < -0.39 is 0 Å². The van der Waals surface area contributed by atoms with Crippen molar-refractivity contribution in [3.63, 3.8) is 0 Å². The summed E-state index contributed by atoms with van der Waals surface area (Å²) in [4.78, 5) is 25.5. The molecule has 0 unspecified atom stereocenters. The first kappa shape index (κ1) is 18.4. The molecule has 1 fully saturated rings. The lowest BCUT2D eigenvalue weighted by atomic mass is 9.94. The van der Waals surface area contributed by atoms with Crippen molar-refractivity contribution < 1.29 is 9.32 Å². The van der Waals surface area contributed by atoms with Gasteiger partial charge in [0.1, 0.15) is 5.82 Å². The molecule has 1 aliphatic heterocycles. The average Bonchev–Trinajstić information content (AvgIpc) is 3.11. The molecule has 1 amide bonds. The van der Waals surface area contributed by atoms with E-state index in [0.29, 0.717) is 11.7 Å².